The van der Waals surface area contributed by atoms with Gasteiger partial charge in [0.2, 0.25) is 0 Å². The van der Waals surface area contributed by atoms with Crippen LogP contribution in [-0.2, 0) is 13.0 Å². The van der Waals surface area contributed by atoms with E-state index < -0.39 is 0 Å². The van der Waals surface area contributed by atoms with Crippen LogP contribution < -0.4 is 5.32 Å². The van der Waals surface area contributed by atoms with Crippen LogP contribution in [0.15, 0.2) is 42.9 Å². The van der Waals surface area contributed by atoms with Gasteiger partial charge in [-0.1, -0.05) is 0 Å². The number of imidazole rings is 1. The molecule has 0 amide bonds. The molecule has 9 heteroatoms. The number of benzene rings is 1. The minimum atomic E-state index is -0.351. The average Bonchev–Trinajstić information content (AvgIpc) is 3.36. The van der Waals surface area contributed by atoms with Crippen LogP contribution in [0.25, 0.3) is 16.9 Å². The van der Waals surface area contributed by atoms with Crippen molar-refractivity contribution < 1.29 is 9.50 Å². The maximum absolute atomic E-state index is 14.6. The number of aliphatic hydroxyl groups is 1. The Morgan fingerprint density at radius 1 is 1.28 bits per heavy atom. The second-order valence-electron chi connectivity index (χ2n) is 6.56. The first-order valence-corrected chi connectivity index (χ1v) is 9.11. The summed E-state index contributed by atoms with van der Waals surface area (Å²) >= 11 is 0. The number of halogens is 1. The van der Waals surface area contributed by atoms with E-state index in [1.807, 2.05) is 18.3 Å². The van der Waals surface area contributed by atoms with E-state index in [4.69, 9.17) is 10.5 Å². The quantitative estimate of drug-likeness (QED) is 0.418. The van der Waals surface area contributed by atoms with E-state index in [-0.39, 0.29) is 18.8 Å². The van der Waals surface area contributed by atoms with E-state index in [2.05, 4.69) is 20.5 Å². The van der Waals surface area contributed by atoms with Gasteiger partial charge in [0.05, 0.1) is 36.9 Å². The third-order valence-corrected chi connectivity index (χ3v) is 4.71. The first kappa shape index (κ1) is 18.8. The van der Waals surface area contributed by atoms with Gasteiger partial charge in [-0.25, -0.2) is 13.9 Å². The number of fused-ring (bicyclic) bond motifs is 1. The van der Waals surface area contributed by atoms with Gasteiger partial charge >= 0.3 is 0 Å². The van der Waals surface area contributed by atoms with Crippen molar-refractivity contribution in [3.8, 4) is 11.3 Å². The lowest BCUT2D eigenvalue weighted by molar-refractivity contribution is 0.269. The Bertz CT molecular complexity index is 1180. The molecule has 4 aromatic rings. The molecule has 0 atom stereocenters. The van der Waals surface area contributed by atoms with Crippen molar-refractivity contribution in [2.24, 2.45) is 0 Å². The van der Waals surface area contributed by atoms with Gasteiger partial charge in [-0.2, -0.15) is 10.2 Å². The molecular formula is C20H20FN7O. The highest BCUT2D eigenvalue weighted by molar-refractivity contribution is 5.86. The number of hydrogen-bond acceptors (Lipinski definition) is 6. The van der Waals surface area contributed by atoms with Gasteiger partial charge in [0.15, 0.2) is 5.65 Å². The molecule has 148 valence electrons. The standard InChI is InChI=1S/C20H20FN7O/c1-23-19-8-17(21)13(6-14(19)9-22)7-16-11-24-20-3-2-18(26-28(16)20)15-10-25-27(12-15)4-5-29/h2-3,6,8-12,22-23,29H,4-5,7H2,1H3. The van der Waals surface area contributed by atoms with Crippen LogP contribution in [0.3, 0.4) is 0 Å². The zero-order valence-corrected chi connectivity index (χ0v) is 15.8. The molecular weight excluding hydrogens is 373 g/mol. The molecule has 0 spiro atoms. The van der Waals surface area contributed by atoms with Crippen molar-refractivity contribution >= 4 is 17.5 Å². The normalized spacial score (nSPS) is 11.1. The molecule has 0 radical (unpaired) electrons. The number of nitrogens with one attached hydrogen (secondary N) is 2. The Hall–Kier alpha value is -3.59. The topological polar surface area (TPSA) is 104 Å². The summed E-state index contributed by atoms with van der Waals surface area (Å²) in [4.78, 5) is 4.36. The van der Waals surface area contributed by atoms with E-state index in [9.17, 15) is 4.39 Å². The van der Waals surface area contributed by atoms with Crippen molar-refractivity contribution in [1.82, 2.24) is 24.4 Å². The van der Waals surface area contributed by atoms with Crippen LogP contribution in [0.2, 0.25) is 0 Å². The minimum Gasteiger partial charge on any atom is -0.394 e. The predicted molar refractivity (Wildman–Crippen MR) is 108 cm³/mol. The number of hydrogen-bond donors (Lipinski definition) is 3. The van der Waals surface area contributed by atoms with E-state index in [1.165, 1.54) is 12.3 Å². The number of rotatable bonds is 7. The number of aromatic nitrogens is 5. The molecule has 29 heavy (non-hydrogen) atoms. The number of aliphatic hydroxyl groups excluding tert-OH is 1. The molecule has 0 bridgehead atoms. The highest BCUT2D eigenvalue weighted by Gasteiger charge is 2.13. The Labute approximate surface area is 166 Å². The highest BCUT2D eigenvalue weighted by Crippen LogP contribution is 2.23. The molecule has 0 saturated carbocycles. The lowest BCUT2D eigenvalue weighted by Crippen LogP contribution is -2.04. The SMILES string of the molecule is CNc1cc(F)c(Cc2cnc3ccc(-c4cnn(CCO)c4)nn23)cc1C=N. The first-order valence-electron chi connectivity index (χ1n) is 9.11. The molecule has 3 N–H and O–H groups in total. The molecule has 0 aliphatic rings. The molecule has 0 aliphatic heterocycles. The second-order valence-corrected chi connectivity index (χ2v) is 6.56. The zero-order valence-electron chi connectivity index (χ0n) is 15.8. The maximum atomic E-state index is 14.6. The third-order valence-electron chi connectivity index (χ3n) is 4.71. The van der Waals surface area contributed by atoms with Gasteiger partial charge in [0.25, 0.3) is 0 Å². The summed E-state index contributed by atoms with van der Waals surface area (Å²) in [6, 6.07) is 6.75. The van der Waals surface area contributed by atoms with E-state index in [0.29, 0.717) is 34.7 Å². The van der Waals surface area contributed by atoms with E-state index >= 15 is 0 Å². The van der Waals surface area contributed by atoms with Crippen LogP contribution in [0, 0.1) is 11.2 Å². The Balaban J connectivity index is 1.70. The molecule has 0 fully saturated rings. The summed E-state index contributed by atoms with van der Waals surface area (Å²) in [5.74, 6) is -0.351. The van der Waals surface area contributed by atoms with Crippen LogP contribution in [-0.4, -0.2) is 49.4 Å². The van der Waals surface area contributed by atoms with Crippen molar-refractivity contribution in [3.63, 3.8) is 0 Å². The molecule has 4 rings (SSSR count). The van der Waals surface area contributed by atoms with Crippen molar-refractivity contribution in [1.29, 1.82) is 5.41 Å². The Kier molecular flexibility index (Phi) is 5.05. The van der Waals surface area contributed by atoms with Gasteiger partial charge in [-0.15, -0.1) is 0 Å². The largest absolute Gasteiger partial charge is 0.394 e. The molecule has 1 aromatic carbocycles. The van der Waals surface area contributed by atoms with Crippen molar-refractivity contribution in [2.45, 2.75) is 13.0 Å². The molecule has 0 saturated heterocycles. The Morgan fingerprint density at radius 2 is 2.14 bits per heavy atom. The zero-order chi connectivity index (χ0) is 20.4. The van der Waals surface area contributed by atoms with Crippen LogP contribution in [0.1, 0.15) is 16.8 Å². The molecule has 3 aromatic heterocycles. The van der Waals surface area contributed by atoms with Gasteiger partial charge in [0, 0.05) is 42.7 Å². The molecule has 0 aliphatic carbocycles. The lowest BCUT2D eigenvalue weighted by Gasteiger charge is -2.10. The van der Waals surface area contributed by atoms with Gasteiger partial charge in [0.1, 0.15) is 5.82 Å². The molecule has 8 nitrogen and oxygen atoms in total. The summed E-state index contributed by atoms with van der Waals surface area (Å²) in [5, 5.41) is 28.3. The lowest BCUT2D eigenvalue weighted by atomic mass is 10.0. The van der Waals surface area contributed by atoms with Gasteiger partial charge in [-0.05, 0) is 29.8 Å². The van der Waals surface area contributed by atoms with Crippen LogP contribution in [0.4, 0.5) is 10.1 Å². The number of nitrogens with zero attached hydrogens (tertiary/aromatic N) is 5. The minimum absolute atomic E-state index is 0.00882. The molecule has 3 heterocycles. The summed E-state index contributed by atoms with van der Waals surface area (Å²) in [6.45, 7) is 0.421. The summed E-state index contributed by atoms with van der Waals surface area (Å²) in [7, 11) is 1.69. The van der Waals surface area contributed by atoms with E-state index in [0.717, 1.165) is 11.3 Å². The third kappa shape index (κ3) is 3.59. The Morgan fingerprint density at radius 3 is 2.90 bits per heavy atom. The fourth-order valence-electron chi connectivity index (χ4n) is 3.22. The molecule has 0 unspecified atom stereocenters. The van der Waals surface area contributed by atoms with Gasteiger partial charge < -0.3 is 15.8 Å². The van der Waals surface area contributed by atoms with Crippen LogP contribution >= 0.6 is 0 Å². The van der Waals surface area contributed by atoms with Gasteiger partial charge in [-0.3, -0.25) is 4.68 Å². The van der Waals surface area contributed by atoms with E-state index in [1.54, 1.807) is 34.7 Å². The fraction of sp³-hybridized carbons (Fsp3) is 0.200. The average molecular weight is 393 g/mol. The summed E-state index contributed by atoms with van der Waals surface area (Å²) in [5.41, 5.74) is 4.56. The fourth-order valence-corrected chi connectivity index (χ4v) is 3.22. The van der Waals surface area contributed by atoms with Crippen molar-refractivity contribution in [3.05, 3.63) is 65.5 Å². The highest BCUT2D eigenvalue weighted by atomic mass is 19.1. The van der Waals surface area contributed by atoms with Crippen molar-refractivity contribution in [2.75, 3.05) is 19.0 Å². The predicted octanol–water partition coefficient (Wildman–Crippen LogP) is 2.35. The van der Waals surface area contributed by atoms with Crippen LogP contribution in [0.5, 0.6) is 0 Å². The summed E-state index contributed by atoms with van der Waals surface area (Å²) < 4.78 is 17.9. The smallest absolute Gasteiger partial charge is 0.153 e. The monoisotopic (exact) mass is 393 g/mol. The second kappa shape index (κ2) is 7.80. The summed E-state index contributed by atoms with van der Waals surface area (Å²) in [6.07, 6.45) is 6.67. The first-order chi connectivity index (χ1) is 14.1. The number of anilines is 1. The maximum Gasteiger partial charge on any atom is 0.153 e.